The highest BCUT2D eigenvalue weighted by Gasteiger charge is 2.22. The van der Waals surface area contributed by atoms with Crippen molar-refractivity contribution in [2.45, 2.75) is 31.3 Å². The highest BCUT2D eigenvalue weighted by molar-refractivity contribution is 7.92. The molecule has 0 fully saturated rings. The van der Waals surface area contributed by atoms with Crippen LogP contribution in [-0.2, 0) is 16.4 Å². The van der Waals surface area contributed by atoms with Crippen LogP contribution >= 0.6 is 23.8 Å². The van der Waals surface area contributed by atoms with Gasteiger partial charge in [0.1, 0.15) is 16.4 Å². The summed E-state index contributed by atoms with van der Waals surface area (Å²) >= 11 is 10.9. The molecule has 2 aromatic carbocycles. The molecule has 0 atom stereocenters. The van der Waals surface area contributed by atoms with Crippen LogP contribution in [-0.4, -0.2) is 46.2 Å². The Bertz CT molecular complexity index is 1090. The van der Waals surface area contributed by atoms with Crippen LogP contribution < -0.4 is 24.8 Å². The standard InChI is InChI=1S/C21H26ClN3O5S2/c1-13(2)30-18-7-5-14(11-19(18)32(27,28)25-21(31)23-3)9-10-24-20(26)16-12-15(22)6-8-17(16)29-4/h5-8,11-13H,9-10H2,1-4H3,(H,24,26)(H2,23,25,31). The third-order valence-corrected chi connectivity index (χ3v) is 6.26. The molecule has 0 aliphatic rings. The Morgan fingerprint density at radius 3 is 2.47 bits per heavy atom. The number of carbonyl (C=O) groups excluding carboxylic acids is 1. The molecule has 0 aliphatic heterocycles. The first kappa shape index (κ1) is 25.7. The highest BCUT2D eigenvalue weighted by atomic mass is 35.5. The second-order valence-electron chi connectivity index (χ2n) is 6.98. The number of rotatable bonds is 9. The number of methoxy groups -OCH3 is 1. The summed E-state index contributed by atoms with van der Waals surface area (Å²) in [5.41, 5.74) is 1.00. The lowest BCUT2D eigenvalue weighted by atomic mass is 10.1. The number of sulfonamides is 1. The molecule has 0 heterocycles. The van der Waals surface area contributed by atoms with Crippen LogP contribution in [0.3, 0.4) is 0 Å². The smallest absolute Gasteiger partial charge is 0.267 e. The normalized spacial score (nSPS) is 11.1. The summed E-state index contributed by atoms with van der Waals surface area (Å²) in [5.74, 6) is 0.267. The summed E-state index contributed by atoms with van der Waals surface area (Å²) in [7, 11) is -0.979. The maximum Gasteiger partial charge on any atom is 0.267 e. The van der Waals surface area contributed by atoms with E-state index in [4.69, 9.17) is 33.3 Å². The third-order valence-electron chi connectivity index (χ3n) is 4.22. The van der Waals surface area contributed by atoms with E-state index in [2.05, 4.69) is 15.4 Å². The maximum atomic E-state index is 12.8. The zero-order valence-electron chi connectivity index (χ0n) is 18.2. The molecule has 0 aromatic heterocycles. The van der Waals surface area contributed by atoms with Gasteiger partial charge in [-0.15, -0.1) is 0 Å². The van der Waals surface area contributed by atoms with Crippen LogP contribution in [0.4, 0.5) is 0 Å². The van der Waals surface area contributed by atoms with Crippen molar-refractivity contribution in [1.82, 2.24) is 15.4 Å². The Labute approximate surface area is 198 Å². The molecular formula is C21H26ClN3O5S2. The second-order valence-corrected chi connectivity index (χ2v) is 9.48. The summed E-state index contributed by atoms with van der Waals surface area (Å²) in [4.78, 5) is 12.5. The number of benzene rings is 2. The van der Waals surface area contributed by atoms with Gasteiger partial charge in [-0.1, -0.05) is 17.7 Å². The molecular weight excluding hydrogens is 474 g/mol. The molecule has 11 heteroatoms. The highest BCUT2D eigenvalue weighted by Crippen LogP contribution is 2.27. The zero-order chi connectivity index (χ0) is 23.9. The first-order valence-corrected chi connectivity index (χ1v) is 12.0. The summed E-state index contributed by atoms with van der Waals surface area (Å²) in [5, 5.41) is 5.75. The van der Waals surface area contributed by atoms with Gasteiger partial charge < -0.3 is 20.1 Å². The molecule has 2 aromatic rings. The van der Waals surface area contributed by atoms with Gasteiger partial charge in [-0.3, -0.25) is 9.52 Å². The van der Waals surface area contributed by atoms with Crippen LogP contribution in [0.15, 0.2) is 41.3 Å². The van der Waals surface area contributed by atoms with Crippen molar-refractivity contribution in [2.24, 2.45) is 0 Å². The molecule has 0 bridgehead atoms. The van der Waals surface area contributed by atoms with E-state index in [1.165, 1.54) is 26.3 Å². The summed E-state index contributed by atoms with van der Waals surface area (Å²) in [6.07, 6.45) is 0.160. The number of ether oxygens (including phenoxy) is 2. The lowest BCUT2D eigenvalue weighted by Crippen LogP contribution is -2.37. The number of hydrogen-bond acceptors (Lipinski definition) is 6. The van der Waals surface area contributed by atoms with E-state index in [1.54, 1.807) is 38.1 Å². The predicted molar refractivity (Wildman–Crippen MR) is 128 cm³/mol. The first-order chi connectivity index (χ1) is 15.1. The minimum absolute atomic E-state index is 0.0337. The van der Waals surface area contributed by atoms with Gasteiger partial charge in [0.25, 0.3) is 15.9 Å². The van der Waals surface area contributed by atoms with Gasteiger partial charge in [0.05, 0.1) is 18.8 Å². The monoisotopic (exact) mass is 499 g/mol. The number of thiocarbonyl (C=S) groups is 1. The van der Waals surface area contributed by atoms with Gasteiger partial charge in [0.2, 0.25) is 0 Å². The maximum absolute atomic E-state index is 12.8. The van der Waals surface area contributed by atoms with Crippen molar-refractivity contribution in [2.75, 3.05) is 20.7 Å². The van der Waals surface area contributed by atoms with E-state index >= 15 is 0 Å². The molecule has 1 amide bonds. The molecule has 0 saturated carbocycles. The number of hydrogen-bond donors (Lipinski definition) is 3. The molecule has 2 rings (SSSR count). The Morgan fingerprint density at radius 2 is 1.84 bits per heavy atom. The molecule has 174 valence electrons. The van der Waals surface area contributed by atoms with E-state index in [1.807, 2.05) is 0 Å². The van der Waals surface area contributed by atoms with Crippen molar-refractivity contribution in [1.29, 1.82) is 0 Å². The van der Waals surface area contributed by atoms with Gasteiger partial charge in [0.15, 0.2) is 5.11 Å². The van der Waals surface area contributed by atoms with Crippen LogP contribution in [0.5, 0.6) is 11.5 Å². The quantitative estimate of drug-likeness (QED) is 0.455. The fourth-order valence-electron chi connectivity index (χ4n) is 2.77. The Kier molecular flexibility index (Phi) is 9.11. The van der Waals surface area contributed by atoms with Gasteiger partial charge in [0, 0.05) is 18.6 Å². The Morgan fingerprint density at radius 1 is 1.16 bits per heavy atom. The lowest BCUT2D eigenvalue weighted by molar-refractivity contribution is 0.0951. The van der Waals surface area contributed by atoms with Crippen molar-refractivity contribution in [3.63, 3.8) is 0 Å². The van der Waals surface area contributed by atoms with Gasteiger partial charge in [-0.25, -0.2) is 8.42 Å². The number of halogens is 1. The average Bonchev–Trinajstić information content (AvgIpc) is 2.73. The van der Waals surface area contributed by atoms with Gasteiger partial charge in [-0.05, 0) is 68.4 Å². The topological polar surface area (TPSA) is 106 Å². The van der Waals surface area contributed by atoms with Crippen LogP contribution in [0, 0.1) is 0 Å². The number of nitrogens with one attached hydrogen (secondary N) is 3. The van der Waals surface area contributed by atoms with Crippen LogP contribution in [0.1, 0.15) is 29.8 Å². The van der Waals surface area contributed by atoms with Gasteiger partial charge >= 0.3 is 0 Å². The fraction of sp³-hybridized carbons (Fsp3) is 0.333. The molecule has 0 spiro atoms. The molecule has 0 unspecified atom stereocenters. The molecule has 0 aliphatic carbocycles. The predicted octanol–water partition coefficient (Wildman–Crippen LogP) is 2.89. The summed E-state index contributed by atoms with van der Waals surface area (Å²) in [6, 6.07) is 9.62. The second kappa shape index (κ2) is 11.3. The van der Waals surface area contributed by atoms with E-state index in [9.17, 15) is 13.2 Å². The lowest BCUT2D eigenvalue weighted by Gasteiger charge is -2.17. The third kappa shape index (κ3) is 6.98. The van der Waals surface area contributed by atoms with E-state index in [-0.39, 0.29) is 34.3 Å². The first-order valence-electron chi connectivity index (χ1n) is 9.73. The van der Waals surface area contributed by atoms with Crippen molar-refractivity contribution in [3.8, 4) is 11.5 Å². The zero-order valence-corrected chi connectivity index (χ0v) is 20.6. The molecule has 0 radical (unpaired) electrons. The minimum Gasteiger partial charge on any atom is -0.496 e. The average molecular weight is 500 g/mol. The SMILES string of the molecule is CNC(=S)NS(=O)(=O)c1cc(CCNC(=O)c2cc(Cl)ccc2OC)ccc1OC(C)C. The van der Waals surface area contributed by atoms with Crippen molar-refractivity contribution in [3.05, 3.63) is 52.5 Å². The number of amides is 1. The van der Waals surface area contributed by atoms with Crippen LogP contribution in [0.25, 0.3) is 0 Å². The molecule has 3 N–H and O–H groups in total. The largest absolute Gasteiger partial charge is 0.496 e. The Balaban J connectivity index is 2.19. The number of carbonyl (C=O) groups is 1. The molecule has 32 heavy (non-hydrogen) atoms. The van der Waals surface area contributed by atoms with Crippen molar-refractivity contribution >= 4 is 44.9 Å². The van der Waals surface area contributed by atoms with Crippen LogP contribution in [0.2, 0.25) is 5.02 Å². The molecule has 8 nitrogen and oxygen atoms in total. The van der Waals surface area contributed by atoms with E-state index in [0.717, 1.165) is 0 Å². The van der Waals surface area contributed by atoms with Gasteiger partial charge in [-0.2, -0.15) is 0 Å². The van der Waals surface area contributed by atoms with E-state index in [0.29, 0.717) is 28.3 Å². The minimum atomic E-state index is -3.97. The fourth-order valence-corrected chi connectivity index (χ4v) is 4.42. The van der Waals surface area contributed by atoms with Crippen molar-refractivity contribution < 1.29 is 22.7 Å². The summed E-state index contributed by atoms with van der Waals surface area (Å²) in [6.45, 7) is 3.87. The molecule has 0 saturated heterocycles. The van der Waals surface area contributed by atoms with E-state index < -0.39 is 10.0 Å². The summed E-state index contributed by atoms with van der Waals surface area (Å²) < 4.78 is 38.8. The Hall–Kier alpha value is -2.56.